The Kier molecular flexibility index (Phi) is 3.61. The fourth-order valence-corrected chi connectivity index (χ4v) is 2.39. The highest BCUT2D eigenvalue weighted by atomic mass is 79.9. The van der Waals surface area contributed by atoms with Gasteiger partial charge < -0.3 is 10.0 Å². The van der Waals surface area contributed by atoms with E-state index in [-0.39, 0.29) is 6.10 Å². The van der Waals surface area contributed by atoms with Gasteiger partial charge in [0.05, 0.1) is 6.10 Å². The molecule has 0 unspecified atom stereocenters. The SMILES string of the molecule is O=Cc1ccc(N2CCC(O)CC2)cc1Br. The van der Waals surface area contributed by atoms with Crippen molar-refractivity contribution in [1.82, 2.24) is 0 Å². The fourth-order valence-electron chi connectivity index (χ4n) is 1.93. The van der Waals surface area contributed by atoms with E-state index in [1.165, 1.54) is 0 Å². The number of aldehydes is 1. The average Bonchev–Trinajstić information content (AvgIpc) is 2.30. The molecular weight excluding hydrogens is 270 g/mol. The second-order valence-corrected chi connectivity index (χ2v) is 4.90. The highest BCUT2D eigenvalue weighted by Gasteiger charge is 2.17. The standard InChI is InChI=1S/C12H14BrNO2/c13-12-7-10(2-1-9(12)8-15)14-5-3-11(16)4-6-14/h1-2,7-8,11,16H,3-6H2. The fraction of sp³-hybridized carbons (Fsp3) is 0.417. The summed E-state index contributed by atoms with van der Waals surface area (Å²) < 4.78 is 0.825. The van der Waals surface area contributed by atoms with Crippen LogP contribution >= 0.6 is 15.9 Å². The Hall–Kier alpha value is -0.870. The molecule has 1 aliphatic heterocycles. The predicted molar refractivity (Wildman–Crippen MR) is 67.0 cm³/mol. The Labute approximate surface area is 103 Å². The van der Waals surface area contributed by atoms with Crippen molar-refractivity contribution in [3.8, 4) is 0 Å². The molecule has 0 amide bonds. The van der Waals surface area contributed by atoms with E-state index in [0.717, 1.165) is 42.4 Å². The van der Waals surface area contributed by atoms with Gasteiger partial charge in [0, 0.05) is 28.8 Å². The first-order valence-corrected chi connectivity index (χ1v) is 6.18. The van der Waals surface area contributed by atoms with Crippen LogP contribution in [0, 0.1) is 0 Å². The maximum atomic E-state index is 10.7. The minimum atomic E-state index is -0.158. The maximum Gasteiger partial charge on any atom is 0.151 e. The van der Waals surface area contributed by atoms with E-state index in [1.807, 2.05) is 18.2 Å². The first-order chi connectivity index (χ1) is 7.70. The number of aliphatic hydroxyl groups excluding tert-OH is 1. The van der Waals surface area contributed by atoms with Gasteiger partial charge in [-0.05, 0) is 47.0 Å². The van der Waals surface area contributed by atoms with E-state index in [4.69, 9.17) is 0 Å². The smallest absolute Gasteiger partial charge is 0.151 e. The molecule has 1 fully saturated rings. The second-order valence-electron chi connectivity index (χ2n) is 4.04. The van der Waals surface area contributed by atoms with Crippen molar-refractivity contribution < 1.29 is 9.90 Å². The summed E-state index contributed by atoms with van der Waals surface area (Å²) in [6, 6.07) is 5.73. The van der Waals surface area contributed by atoms with E-state index in [0.29, 0.717) is 5.56 Å². The number of piperidine rings is 1. The third kappa shape index (κ3) is 2.44. The molecule has 1 heterocycles. The predicted octanol–water partition coefficient (Wildman–Crippen LogP) is 2.22. The lowest BCUT2D eigenvalue weighted by molar-refractivity contribution is 0.112. The molecule has 1 aromatic rings. The third-order valence-corrected chi connectivity index (χ3v) is 3.63. The molecule has 1 aliphatic rings. The molecule has 0 bridgehead atoms. The molecule has 1 saturated heterocycles. The zero-order valence-electron chi connectivity index (χ0n) is 8.90. The Balaban J connectivity index is 2.15. The Morgan fingerprint density at radius 3 is 2.62 bits per heavy atom. The molecule has 1 N–H and O–H groups in total. The lowest BCUT2D eigenvalue weighted by Gasteiger charge is -2.31. The number of anilines is 1. The molecule has 0 atom stereocenters. The van der Waals surface area contributed by atoms with Crippen LogP contribution in [0.1, 0.15) is 23.2 Å². The van der Waals surface area contributed by atoms with Crippen molar-refractivity contribution in [1.29, 1.82) is 0 Å². The van der Waals surface area contributed by atoms with Crippen molar-refractivity contribution in [3.63, 3.8) is 0 Å². The topological polar surface area (TPSA) is 40.5 Å². The van der Waals surface area contributed by atoms with Gasteiger partial charge in [0.2, 0.25) is 0 Å². The normalized spacial score (nSPS) is 17.5. The molecule has 4 heteroatoms. The van der Waals surface area contributed by atoms with E-state index in [9.17, 15) is 9.90 Å². The van der Waals surface area contributed by atoms with Gasteiger partial charge in [-0.25, -0.2) is 0 Å². The Bertz CT molecular complexity index is 387. The van der Waals surface area contributed by atoms with Crippen LogP contribution in [-0.2, 0) is 0 Å². The lowest BCUT2D eigenvalue weighted by Crippen LogP contribution is -2.35. The summed E-state index contributed by atoms with van der Waals surface area (Å²) in [4.78, 5) is 12.9. The van der Waals surface area contributed by atoms with Crippen molar-refractivity contribution in [2.45, 2.75) is 18.9 Å². The lowest BCUT2D eigenvalue weighted by atomic mass is 10.1. The molecule has 0 spiro atoms. The molecule has 0 aromatic heterocycles. The number of nitrogens with zero attached hydrogens (tertiary/aromatic N) is 1. The van der Waals surface area contributed by atoms with Crippen molar-refractivity contribution in [3.05, 3.63) is 28.2 Å². The number of halogens is 1. The Morgan fingerprint density at radius 1 is 1.38 bits per heavy atom. The molecule has 3 nitrogen and oxygen atoms in total. The number of hydrogen-bond acceptors (Lipinski definition) is 3. The monoisotopic (exact) mass is 283 g/mol. The van der Waals surface area contributed by atoms with Crippen LogP contribution in [0.5, 0.6) is 0 Å². The van der Waals surface area contributed by atoms with Crippen LogP contribution in [0.25, 0.3) is 0 Å². The molecule has 0 aliphatic carbocycles. The van der Waals surface area contributed by atoms with Crippen molar-refractivity contribution in [2.75, 3.05) is 18.0 Å². The molecule has 1 aromatic carbocycles. The van der Waals surface area contributed by atoms with Crippen LogP contribution in [0.4, 0.5) is 5.69 Å². The number of carbonyl (C=O) groups excluding carboxylic acids is 1. The summed E-state index contributed by atoms with van der Waals surface area (Å²) in [5.74, 6) is 0. The quantitative estimate of drug-likeness (QED) is 0.847. The van der Waals surface area contributed by atoms with Gasteiger partial charge in [0.15, 0.2) is 6.29 Å². The summed E-state index contributed by atoms with van der Waals surface area (Å²) in [5.41, 5.74) is 1.77. The third-order valence-electron chi connectivity index (χ3n) is 2.94. The number of aliphatic hydroxyl groups is 1. The van der Waals surface area contributed by atoms with Crippen LogP contribution in [0.15, 0.2) is 22.7 Å². The highest BCUT2D eigenvalue weighted by Crippen LogP contribution is 2.25. The first-order valence-electron chi connectivity index (χ1n) is 5.38. The highest BCUT2D eigenvalue weighted by molar-refractivity contribution is 9.10. The zero-order valence-corrected chi connectivity index (χ0v) is 10.5. The summed E-state index contributed by atoms with van der Waals surface area (Å²) in [6.45, 7) is 1.74. The number of hydrogen-bond donors (Lipinski definition) is 1. The van der Waals surface area contributed by atoms with Crippen LogP contribution < -0.4 is 4.90 Å². The van der Waals surface area contributed by atoms with Crippen molar-refractivity contribution >= 4 is 27.9 Å². The number of carbonyl (C=O) groups is 1. The Morgan fingerprint density at radius 2 is 2.06 bits per heavy atom. The summed E-state index contributed by atoms with van der Waals surface area (Å²) in [7, 11) is 0. The summed E-state index contributed by atoms with van der Waals surface area (Å²) in [5, 5.41) is 9.43. The van der Waals surface area contributed by atoms with E-state index < -0.39 is 0 Å². The van der Waals surface area contributed by atoms with Crippen LogP contribution in [0.2, 0.25) is 0 Å². The molecule has 2 rings (SSSR count). The van der Waals surface area contributed by atoms with Crippen molar-refractivity contribution in [2.24, 2.45) is 0 Å². The minimum Gasteiger partial charge on any atom is -0.393 e. The number of benzene rings is 1. The molecular formula is C12H14BrNO2. The van der Waals surface area contributed by atoms with Gasteiger partial charge in [0.1, 0.15) is 0 Å². The van der Waals surface area contributed by atoms with Gasteiger partial charge >= 0.3 is 0 Å². The molecule has 86 valence electrons. The number of rotatable bonds is 2. The largest absolute Gasteiger partial charge is 0.393 e. The molecule has 0 saturated carbocycles. The van der Waals surface area contributed by atoms with Crippen LogP contribution in [-0.4, -0.2) is 30.6 Å². The van der Waals surface area contributed by atoms with Gasteiger partial charge in [-0.15, -0.1) is 0 Å². The van der Waals surface area contributed by atoms with E-state index in [2.05, 4.69) is 20.8 Å². The minimum absolute atomic E-state index is 0.158. The van der Waals surface area contributed by atoms with Gasteiger partial charge in [0.25, 0.3) is 0 Å². The first kappa shape index (κ1) is 11.6. The van der Waals surface area contributed by atoms with Gasteiger partial charge in [-0.2, -0.15) is 0 Å². The van der Waals surface area contributed by atoms with E-state index in [1.54, 1.807) is 0 Å². The molecule has 16 heavy (non-hydrogen) atoms. The van der Waals surface area contributed by atoms with Crippen LogP contribution in [0.3, 0.4) is 0 Å². The summed E-state index contributed by atoms with van der Waals surface area (Å²) >= 11 is 3.38. The van der Waals surface area contributed by atoms with E-state index >= 15 is 0 Å². The summed E-state index contributed by atoms with van der Waals surface area (Å²) in [6.07, 6.45) is 2.31. The average molecular weight is 284 g/mol. The maximum absolute atomic E-state index is 10.7. The molecule has 0 radical (unpaired) electrons. The van der Waals surface area contributed by atoms with Gasteiger partial charge in [-0.3, -0.25) is 4.79 Å². The second kappa shape index (κ2) is 4.97. The van der Waals surface area contributed by atoms with Gasteiger partial charge in [-0.1, -0.05) is 0 Å². The zero-order chi connectivity index (χ0) is 11.5.